The van der Waals surface area contributed by atoms with Gasteiger partial charge >= 0.3 is 12.1 Å². The van der Waals surface area contributed by atoms with E-state index in [1.807, 2.05) is 0 Å². The van der Waals surface area contributed by atoms with Crippen molar-refractivity contribution in [3.63, 3.8) is 0 Å². The molecular formula is C7H12N2O4. The lowest BCUT2D eigenvalue weighted by molar-refractivity contribution is -0.143. The second kappa shape index (κ2) is 3.21. The normalized spacial score (nSPS) is 19.1. The minimum atomic E-state index is -1.01. The van der Waals surface area contributed by atoms with Gasteiger partial charge in [0.25, 0.3) is 0 Å². The fourth-order valence-electron chi connectivity index (χ4n) is 1.32. The number of carbonyl (C=O) groups excluding carboxylic acids is 1. The first-order chi connectivity index (χ1) is 5.97. The highest BCUT2D eigenvalue weighted by molar-refractivity contribution is 5.73. The monoisotopic (exact) mass is 188 g/mol. The third-order valence-electron chi connectivity index (χ3n) is 2.01. The van der Waals surface area contributed by atoms with Gasteiger partial charge in [-0.2, -0.15) is 0 Å². The summed E-state index contributed by atoms with van der Waals surface area (Å²) in [5.74, 6) is -0.410. The molecule has 0 aromatic rings. The van der Waals surface area contributed by atoms with Crippen LogP contribution in [0.4, 0.5) is 4.79 Å². The minimum Gasteiger partial charge on any atom is -0.469 e. The second-order valence-electron chi connectivity index (χ2n) is 3.25. The average molecular weight is 188 g/mol. The van der Waals surface area contributed by atoms with Crippen LogP contribution in [0, 0.1) is 0 Å². The maximum atomic E-state index is 10.8. The van der Waals surface area contributed by atoms with Crippen LogP contribution >= 0.6 is 0 Å². The molecule has 0 aromatic heterocycles. The molecule has 6 heteroatoms. The maximum absolute atomic E-state index is 10.8. The SMILES string of the molecule is COC(=O)CC1(N)CN(C(=O)O)C1. The molecule has 1 fully saturated rings. The number of rotatable bonds is 2. The average Bonchev–Trinajstić information content (AvgIpc) is 1.99. The van der Waals surface area contributed by atoms with Crippen LogP contribution in [0.15, 0.2) is 0 Å². The molecule has 0 aromatic carbocycles. The van der Waals surface area contributed by atoms with E-state index in [4.69, 9.17) is 10.8 Å². The van der Waals surface area contributed by atoms with Crippen LogP contribution in [-0.4, -0.2) is 47.8 Å². The van der Waals surface area contributed by atoms with Crippen LogP contribution in [0.5, 0.6) is 0 Å². The summed E-state index contributed by atoms with van der Waals surface area (Å²) in [5, 5.41) is 8.51. The molecule has 0 saturated carbocycles. The molecule has 1 aliphatic rings. The molecule has 1 rings (SSSR count). The van der Waals surface area contributed by atoms with Crippen molar-refractivity contribution in [2.75, 3.05) is 20.2 Å². The summed E-state index contributed by atoms with van der Waals surface area (Å²) in [4.78, 5) is 22.4. The summed E-state index contributed by atoms with van der Waals surface area (Å²) in [5.41, 5.74) is 4.97. The highest BCUT2D eigenvalue weighted by atomic mass is 16.5. The molecular weight excluding hydrogens is 176 g/mol. The first kappa shape index (κ1) is 9.79. The van der Waals surface area contributed by atoms with Crippen LogP contribution in [0.2, 0.25) is 0 Å². The summed E-state index contributed by atoms with van der Waals surface area (Å²) in [6.07, 6.45) is -0.946. The Morgan fingerprint density at radius 3 is 2.54 bits per heavy atom. The standard InChI is InChI=1S/C7H12N2O4/c1-13-5(10)2-7(8)3-9(4-7)6(11)12/h2-4,8H2,1H3,(H,11,12). The molecule has 3 N–H and O–H groups in total. The van der Waals surface area contributed by atoms with Gasteiger partial charge in [-0.3, -0.25) is 4.79 Å². The molecule has 1 saturated heterocycles. The largest absolute Gasteiger partial charge is 0.469 e. The third-order valence-corrected chi connectivity index (χ3v) is 2.01. The summed E-state index contributed by atoms with van der Waals surface area (Å²) in [6.45, 7) is 0.384. The van der Waals surface area contributed by atoms with E-state index in [1.54, 1.807) is 0 Å². The molecule has 1 amide bonds. The van der Waals surface area contributed by atoms with Crippen molar-refractivity contribution in [3.05, 3.63) is 0 Å². The van der Waals surface area contributed by atoms with Gasteiger partial charge in [0.2, 0.25) is 0 Å². The predicted octanol–water partition coefficient (Wildman–Crippen LogP) is -0.759. The summed E-state index contributed by atoms with van der Waals surface area (Å²) < 4.78 is 4.43. The predicted molar refractivity (Wildman–Crippen MR) is 43.1 cm³/mol. The molecule has 0 unspecified atom stereocenters. The van der Waals surface area contributed by atoms with E-state index in [2.05, 4.69) is 4.74 Å². The summed E-state index contributed by atoms with van der Waals surface area (Å²) in [7, 11) is 1.28. The first-order valence-electron chi connectivity index (χ1n) is 3.80. The molecule has 0 radical (unpaired) electrons. The molecule has 74 valence electrons. The first-order valence-corrected chi connectivity index (χ1v) is 3.80. The highest BCUT2D eigenvalue weighted by Gasteiger charge is 2.43. The van der Waals surface area contributed by atoms with E-state index < -0.39 is 17.6 Å². The summed E-state index contributed by atoms with van der Waals surface area (Å²) in [6, 6.07) is 0. The van der Waals surface area contributed by atoms with Gasteiger partial charge in [-0.05, 0) is 0 Å². The zero-order valence-corrected chi connectivity index (χ0v) is 7.32. The van der Waals surface area contributed by atoms with E-state index in [1.165, 1.54) is 7.11 Å². The number of amides is 1. The molecule has 1 aliphatic heterocycles. The summed E-state index contributed by atoms with van der Waals surface area (Å²) >= 11 is 0. The van der Waals surface area contributed by atoms with Gasteiger partial charge in [-0.15, -0.1) is 0 Å². The molecule has 6 nitrogen and oxygen atoms in total. The van der Waals surface area contributed by atoms with Gasteiger partial charge in [0, 0.05) is 13.1 Å². The van der Waals surface area contributed by atoms with E-state index >= 15 is 0 Å². The lowest BCUT2D eigenvalue weighted by Gasteiger charge is -2.45. The number of methoxy groups -OCH3 is 1. The number of nitrogens with two attached hydrogens (primary N) is 1. The van der Waals surface area contributed by atoms with Gasteiger partial charge in [-0.25, -0.2) is 4.79 Å². The van der Waals surface area contributed by atoms with Crippen LogP contribution < -0.4 is 5.73 Å². The van der Waals surface area contributed by atoms with Crippen molar-refractivity contribution >= 4 is 12.1 Å². The Hall–Kier alpha value is -1.30. The van der Waals surface area contributed by atoms with Gasteiger partial charge in [-0.1, -0.05) is 0 Å². The quantitative estimate of drug-likeness (QED) is 0.555. The molecule has 0 atom stereocenters. The Kier molecular flexibility index (Phi) is 2.42. The van der Waals surface area contributed by atoms with Crippen LogP contribution in [0.25, 0.3) is 0 Å². The Morgan fingerprint density at radius 1 is 1.62 bits per heavy atom. The zero-order valence-electron chi connectivity index (χ0n) is 7.32. The number of carbonyl (C=O) groups is 2. The Bertz CT molecular complexity index is 235. The van der Waals surface area contributed by atoms with Crippen molar-refractivity contribution < 1.29 is 19.4 Å². The highest BCUT2D eigenvalue weighted by Crippen LogP contribution is 2.21. The fourth-order valence-corrected chi connectivity index (χ4v) is 1.32. The Morgan fingerprint density at radius 2 is 2.15 bits per heavy atom. The van der Waals surface area contributed by atoms with Gasteiger partial charge < -0.3 is 20.5 Å². The smallest absolute Gasteiger partial charge is 0.407 e. The molecule has 0 bridgehead atoms. The molecule has 1 heterocycles. The zero-order chi connectivity index (χ0) is 10.1. The van der Waals surface area contributed by atoms with Crippen molar-refractivity contribution in [1.29, 1.82) is 0 Å². The Labute approximate surface area is 75.3 Å². The molecule has 0 spiro atoms. The van der Waals surface area contributed by atoms with Crippen molar-refractivity contribution in [2.24, 2.45) is 5.73 Å². The van der Waals surface area contributed by atoms with E-state index in [-0.39, 0.29) is 19.5 Å². The van der Waals surface area contributed by atoms with E-state index in [9.17, 15) is 9.59 Å². The number of esters is 1. The number of hydrogen-bond acceptors (Lipinski definition) is 4. The lowest BCUT2D eigenvalue weighted by Crippen LogP contribution is -2.69. The van der Waals surface area contributed by atoms with Gasteiger partial charge in [0.05, 0.1) is 19.1 Å². The van der Waals surface area contributed by atoms with Crippen LogP contribution in [-0.2, 0) is 9.53 Å². The second-order valence-corrected chi connectivity index (χ2v) is 3.25. The van der Waals surface area contributed by atoms with Crippen molar-refractivity contribution in [1.82, 2.24) is 4.90 Å². The molecule has 0 aliphatic carbocycles. The van der Waals surface area contributed by atoms with E-state index in [0.717, 1.165) is 4.90 Å². The fraction of sp³-hybridized carbons (Fsp3) is 0.714. The van der Waals surface area contributed by atoms with E-state index in [0.29, 0.717) is 0 Å². The Balaban J connectivity index is 2.38. The van der Waals surface area contributed by atoms with Gasteiger partial charge in [0.15, 0.2) is 0 Å². The number of ether oxygens (including phenoxy) is 1. The number of likely N-dealkylation sites (tertiary alicyclic amines) is 1. The maximum Gasteiger partial charge on any atom is 0.407 e. The number of carboxylic acid groups (broad SMARTS) is 1. The third kappa shape index (κ3) is 2.09. The number of nitrogens with zero attached hydrogens (tertiary/aromatic N) is 1. The van der Waals surface area contributed by atoms with Crippen LogP contribution in [0.1, 0.15) is 6.42 Å². The topological polar surface area (TPSA) is 92.9 Å². The number of hydrogen-bond donors (Lipinski definition) is 2. The lowest BCUT2D eigenvalue weighted by atomic mass is 9.88. The minimum absolute atomic E-state index is 0.0628. The van der Waals surface area contributed by atoms with Crippen molar-refractivity contribution in [3.8, 4) is 0 Å². The van der Waals surface area contributed by atoms with Gasteiger partial charge in [0.1, 0.15) is 0 Å². The molecule has 13 heavy (non-hydrogen) atoms. The van der Waals surface area contributed by atoms with Crippen LogP contribution in [0.3, 0.4) is 0 Å². The van der Waals surface area contributed by atoms with Crippen molar-refractivity contribution in [2.45, 2.75) is 12.0 Å².